The summed E-state index contributed by atoms with van der Waals surface area (Å²) in [4.78, 5) is 13.6. The number of benzene rings is 1. The van der Waals surface area contributed by atoms with Gasteiger partial charge in [0.2, 0.25) is 5.91 Å². The Kier molecular flexibility index (Phi) is 6.27. The highest BCUT2D eigenvalue weighted by Crippen LogP contribution is 2.28. The van der Waals surface area contributed by atoms with Gasteiger partial charge in [-0.05, 0) is 27.7 Å². The summed E-state index contributed by atoms with van der Waals surface area (Å²) in [5.41, 5.74) is 6.50. The predicted octanol–water partition coefficient (Wildman–Crippen LogP) is 2.48. The Morgan fingerprint density at radius 2 is 2.00 bits per heavy atom. The average molecular weight is 297 g/mol. The van der Waals surface area contributed by atoms with Crippen molar-refractivity contribution < 1.29 is 13.9 Å². The zero-order chi connectivity index (χ0) is 16.0. The molecule has 0 fully saturated rings. The lowest BCUT2D eigenvalue weighted by Crippen LogP contribution is -2.35. The van der Waals surface area contributed by atoms with Crippen molar-refractivity contribution in [2.75, 3.05) is 30.7 Å². The van der Waals surface area contributed by atoms with E-state index in [1.54, 1.807) is 4.90 Å². The van der Waals surface area contributed by atoms with Crippen LogP contribution in [0.5, 0.6) is 5.75 Å². The maximum Gasteiger partial charge on any atom is 0.241 e. The molecule has 0 unspecified atom stereocenters. The first kappa shape index (κ1) is 17.1. The topological polar surface area (TPSA) is 67.6 Å². The molecule has 118 valence electrons. The molecule has 0 aliphatic rings. The molecule has 0 bridgehead atoms. The number of carbonyl (C=O) groups is 1. The number of carbonyl (C=O) groups excluding carboxylic acids is 1. The van der Waals surface area contributed by atoms with E-state index in [-0.39, 0.29) is 30.0 Å². The van der Waals surface area contributed by atoms with Crippen LogP contribution in [0.2, 0.25) is 0 Å². The van der Waals surface area contributed by atoms with Gasteiger partial charge >= 0.3 is 0 Å². The molecule has 0 aliphatic heterocycles. The number of ether oxygens (including phenoxy) is 1. The number of rotatable bonds is 7. The first-order chi connectivity index (χ1) is 9.88. The van der Waals surface area contributed by atoms with E-state index >= 15 is 0 Å². The van der Waals surface area contributed by atoms with Crippen molar-refractivity contribution in [1.82, 2.24) is 4.90 Å². The van der Waals surface area contributed by atoms with Gasteiger partial charge < -0.3 is 20.7 Å². The van der Waals surface area contributed by atoms with E-state index in [0.717, 1.165) is 0 Å². The molecule has 0 aromatic heterocycles. The van der Waals surface area contributed by atoms with E-state index in [0.29, 0.717) is 18.8 Å². The van der Waals surface area contributed by atoms with Gasteiger partial charge in [0.25, 0.3) is 0 Å². The summed E-state index contributed by atoms with van der Waals surface area (Å²) < 4.78 is 19.1. The van der Waals surface area contributed by atoms with Crippen molar-refractivity contribution in [3.05, 3.63) is 17.9 Å². The summed E-state index contributed by atoms with van der Waals surface area (Å²) in [6.45, 7) is 8.87. The van der Waals surface area contributed by atoms with Gasteiger partial charge in [-0.3, -0.25) is 4.79 Å². The lowest BCUT2D eigenvalue weighted by Gasteiger charge is -2.20. The van der Waals surface area contributed by atoms with Crippen LogP contribution in [0.25, 0.3) is 0 Å². The zero-order valence-corrected chi connectivity index (χ0v) is 13.1. The molecule has 3 N–H and O–H groups in total. The van der Waals surface area contributed by atoms with Gasteiger partial charge in [0, 0.05) is 25.2 Å². The third-order valence-corrected chi connectivity index (χ3v) is 3.01. The number of amides is 1. The van der Waals surface area contributed by atoms with Crippen molar-refractivity contribution in [3.8, 4) is 5.75 Å². The van der Waals surface area contributed by atoms with Crippen molar-refractivity contribution in [3.63, 3.8) is 0 Å². The molecule has 0 aliphatic carbocycles. The first-order valence-corrected chi connectivity index (χ1v) is 7.16. The van der Waals surface area contributed by atoms with Crippen molar-refractivity contribution in [1.29, 1.82) is 0 Å². The zero-order valence-electron chi connectivity index (χ0n) is 13.1. The lowest BCUT2D eigenvalue weighted by atomic mass is 10.2. The molecule has 1 amide bonds. The van der Waals surface area contributed by atoms with Crippen LogP contribution in [0, 0.1) is 5.82 Å². The molecule has 1 aromatic rings. The summed E-state index contributed by atoms with van der Waals surface area (Å²) in [6.07, 6.45) is -0.145. The standard InChI is InChI=1S/C15H24FN3O2/c1-5-19(6-2)15(20)9-18-13-8-14(21-10(3)4)11(16)7-12(13)17/h7-8,10,18H,5-6,9,17H2,1-4H3. The Morgan fingerprint density at radius 3 is 2.52 bits per heavy atom. The minimum Gasteiger partial charge on any atom is -0.488 e. The molecule has 1 aromatic carbocycles. The summed E-state index contributed by atoms with van der Waals surface area (Å²) in [5.74, 6) is -0.422. The Bertz CT molecular complexity index is 488. The maximum absolute atomic E-state index is 13.7. The summed E-state index contributed by atoms with van der Waals surface area (Å²) in [7, 11) is 0. The molecule has 0 saturated heterocycles. The van der Waals surface area contributed by atoms with Crippen LogP contribution in [-0.2, 0) is 4.79 Å². The number of nitrogens with zero attached hydrogens (tertiary/aromatic N) is 1. The number of halogens is 1. The highest BCUT2D eigenvalue weighted by atomic mass is 19.1. The van der Waals surface area contributed by atoms with E-state index in [2.05, 4.69) is 5.32 Å². The number of nitrogen functional groups attached to an aromatic ring is 1. The molecule has 0 heterocycles. The molecule has 5 nitrogen and oxygen atoms in total. The van der Waals surface area contributed by atoms with Crippen LogP contribution < -0.4 is 15.8 Å². The number of hydrogen-bond donors (Lipinski definition) is 2. The third-order valence-electron chi connectivity index (χ3n) is 3.01. The van der Waals surface area contributed by atoms with Crippen LogP contribution in [0.15, 0.2) is 12.1 Å². The second-order valence-corrected chi connectivity index (χ2v) is 4.96. The minimum absolute atomic E-state index is 0.0324. The molecule has 1 rings (SSSR count). The molecule has 0 atom stereocenters. The molecular weight excluding hydrogens is 273 g/mol. The van der Waals surface area contributed by atoms with E-state index < -0.39 is 5.82 Å². The molecule has 0 radical (unpaired) electrons. The Labute approximate surface area is 125 Å². The normalized spacial score (nSPS) is 10.6. The van der Waals surface area contributed by atoms with Crippen molar-refractivity contribution in [2.45, 2.75) is 33.8 Å². The van der Waals surface area contributed by atoms with Gasteiger partial charge in [0.05, 0.1) is 24.0 Å². The quantitative estimate of drug-likeness (QED) is 0.759. The molecule has 21 heavy (non-hydrogen) atoms. The van der Waals surface area contributed by atoms with Gasteiger partial charge in [-0.25, -0.2) is 4.39 Å². The minimum atomic E-state index is -0.512. The lowest BCUT2D eigenvalue weighted by molar-refractivity contribution is -0.128. The number of nitrogens with one attached hydrogen (secondary N) is 1. The predicted molar refractivity (Wildman–Crippen MR) is 83.0 cm³/mol. The van der Waals surface area contributed by atoms with Crippen molar-refractivity contribution in [2.24, 2.45) is 0 Å². The fourth-order valence-electron chi connectivity index (χ4n) is 1.93. The second kappa shape index (κ2) is 7.71. The van der Waals surface area contributed by atoms with Crippen LogP contribution in [-0.4, -0.2) is 36.5 Å². The SMILES string of the molecule is CCN(CC)C(=O)CNc1cc(OC(C)C)c(F)cc1N. The Hall–Kier alpha value is -1.98. The smallest absolute Gasteiger partial charge is 0.241 e. The fraction of sp³-hybridized carbons (Fsp3) is 0.533. The van der Waals surface area contributed by atoms with E-state index in [4.69, 9.17) is 10.5 Å². The summed E-state index contributed by atoms with van der Waals surface area (Å²) >= 11 is 0. The second-order valence-electron chi connectivity index (χ2n) is 4.96. The highest BCUT2D eigenvalue weighted by Gasteiger charge is 2.13. The Balaban J connectivity index is 2.81. The van der Waals surface area contributed by atoms with Gasteiger partial charge in [-0.2, -0.15) is 0 Å². The molecule has 0 spiro atoms. The van der Waals surface area contributed by atoms with Gasteiger partial charge in [-0.15, -0.1) is 0 Å². The molecule has 6 heteroatoms. The maximum atomic E-state index is 13.7. The average Bonchev–Trinajstić information content (AvgIpc) is 2.41. The highest BCUT2D eigenvalue weighted by molar-refractivity contribution is 5.82. The van der Waals surface area contributed by atoms with Crippen LogP contribution >= 0.6 is 0 Å². The number of likely N-dealkylation sites (N-methyl/N-ethyl adjacent to an activating group) is 1. The first-order valence-electron chi connectivity index (χ1n) is 7.16. The van der Waals surface area contributed by atoms with E-state index in [1.807, 2.05) is 27.7 Å². The fourth-order valence-corrected chi connectivity index (χ4v) is 1.93. The monoisotopic (exact) mass is 297 g/mol. The largest absolute Gasteiger partial charge is 0.488 e. The van der Waals surface area contributed by atoms with E-state index in [9.17, 15) is 9.18 Å². The van der Waals surface area contributed by atoms with Crippen LogP contribution in [0.3, 0.4) is 0 Å². The molecule has 0 saturated carbocycles. The van der Waals surface area contributed by atoms with Crippen LogP contribution in [0.4, 0.5) is 15.8 Å². The number of anilines is 2. The summed E-state index contributed by atoms with van der Waals surface area (Å²) in [6, 6.07) is 2.68. The van der Waals surface area contributed by atoms with E-state index in [1.165, 1.54) is 12.1 Å². The van der Waals surface area contributed by atoms with Gasteiger partial charge in [0.15, 0.2) is 11.6 Å². The van der Waals surface area contributed by atoms with Gasteiger partial charge in [-0.1, -0.05) is 0 Å². The van der Waals surface area contributed by atoms with Gasteiger partial charge in [0.1, 0.15) is 0 Å². The number of nitrogens with two attached hydrogens (primary N) is 1. The summed E-state index contributed by atoms with van der Waals surface area (Å²) in [5, 5.41) is 2.94. The van der Waals surface area contributed by atoms with Crippen molar-refractivity contribution >= 4 is 17.3 Å². The third kappa shape index (κ3) is 4.81. The Morgan fingerprint density at radius 1 is 1.38 bits per heavy atom. The number of hydrogen-bond acceptors (Lipinski definition) is 4. The molecular formula is C15H24FN3O2. The van der Waals surface area contributed by atoms with Crippen LogP contribution in [0.1, 0.15) is 27.7 Å².